The summed E-state index contributed by atoms with van der Waals surface area (Å²) in [6.45, 7) is 0.409. The largest absolute Gasteiger partial charge is 0.481 e. The molecule has 0 saturated carbocycles. The van der Waals surface area contributed by atoms with Crippen LogP contribution in [0.25, 0.3) is 0 Å². The number of ether oxygens (including phenoxy) is 1. The second-order valence-corrected chi connectivity index (χ2v) is 7.73. The Morgan fingerprint density at radius 1 is 1.25 bits per heavy atom. The first-order valence-electron chi connectivity index (χ1n) is 8.44. The topological polar surface area (TPSA) is 141 Å². The standard InChI is InChI=1S/C17H21N3O7S/c1-19-13(6-9-16(19)27-12-2-3-17(21)22)10-11-18-28(25,26)15-7-4-14(5-8-15)20(23)24/h4-9,18H,2-3,10-12H2,1H3,(H,21,22). The summed E-state index contributed by atoms with van der Waals surface area (Å²) in [5.41, 5.74) is 0.651. The molecule has 11 heteroatoms. The Morgan fingerprint density at radius 3 is 2.54 bits per heavy atom. The molecule has 2 N–H and O–H groups in total. The van der Waals surface area contributed by atoms with Gasteiger partial charge < -0.3 is 14.4 Å². The molecule has 0 aliphatic carbocycles. The number of rotatable bonds is 11. The summed E-state index contributed by atoms with van der Waals surface area (Å²) in [7, 11) is -2.00. The molecule has 0 unspecified atom stereocenters. The second kappa shape index (κ2) is 9.33. The maximum Gasteiger partial charge on any atom is 0.303 e. The predicted molar refractivity (Wildman–Crippen MR) is 99.8 cm³/mol. The average molecular weight is 411 g/mol. The van der Waals surface area contributed by atoms with Crippen molar-refractivity contribution in [1.29, 1.82) is 0 Å². The summed E-state index contributed by atoms with van der Waals surface area (Å²) in [5.74, 6) is -0.310. The third-order valence-corrected chi connectivity index (χ3v) is 5.47. The molecule has 0 radical (unpaired) electrons. The maximum atomic E-state index is 12.3. The van der Waals surface area contributed by atoms with E-state index in [0.29, 0.717) is 18.7 Å². The van der Waals surface area contributed by atoms with Gasteiger partial charge in [0.25, 0.3) is 5.69 Å². The number of nitrogens with zero attached hydrogens (tertiary/aromatic N) is 2. The van der Waals surface area contributed by atoms with Crippen molar-refractivity contribution in [3.05, 3.63) is 52.2 Å². The lowest BCUT2D eigenvalue weighted by atomic mass is 10.3. The van der Waals surface area contributed by atoms with Crippen LogP contribution in [0.3, 0.4) is 0 Å². The average Bonchev–Trinajstić information content (AvgIpc) is 2.98. The number of nitrogens with one attached hydrogen (secondary N) is 1. The van der Waals surface area contributed by atoms with E-state index in [9.17, 15) is 23.3 Å². The number of carboxylic acids is 1. The van der Waals surface area contributed by atoms with Gasteiger partial charge in [-0.05, 0) is 24.6 Å². The van der Waals surface area contributed by atoms with Gasteiger partial charge in [0.05, 0.1) is 16.4 Å². The van der Waals surface area contributed by atoms with Crippen molar-refractivity contribution in [3.8, 4) is 5.88 Å². The van der Waals surface area contributed by atoms with Gasteiger partial charge in [-0.2, -0.15) is 0 Å². The quantitative estimate of drug-likeness (QED) is 0.326. The van der Waals surface area contributed by atoms with Crippen LogP contribution >= 0.6 is 0 Å². The number of non-ortho nitro benzene ring substituents is 1. The number of sulfonamides is 1. The van der Waals surface area contributed by atoms with Crippen LogP contribution in [0.4, 0.5) is 5.69 Å². The molecule has 152 valence electrons. The van der Waals surface area contributed by atoms with E-state index in [-0.39, 0.29) is 30.2 Å². The molecule has 0 amide bonds. The van der Waals surface area contributed by atoms with Crippen molar-refractivity contribution in [2.45, 2.75) is 24.2 Å². The highest BCUT2D eigenvalue weighted by molar-refractivity contribution is 7.89. The van der Waals surface area contributed by atoms with Gasteiger partial charge in [0, 0.05) is 50.3 Å². The third kappa shape index (κ3) is 5.79. The third-order valence-electron chi connectivity index (χ3n) is 4.00. The first kappa shape index (κ1) is 21.4. The van der Waals surface area contributed by atoms with Crippen molar-refractivity contribution in [3.63, 3.8) is 0 Å². The van der Waals surface area contributed by atoms with Crippen molar-refractivity contribution >= 4 is 21.7 Å². The summed E-state index contributed by atoms with van der Waals surface area (Å²) in [6.07, 6.45) is 0.827. The fraction of sp³-hybridized carbons (Fsp3) is 0.353. The Labute approximate surface area is 161 Å². The lowest BCUT2D eigenvalue weighted by molar-refractivity contribution is -0.384. The molecular weight excluding hydrogens is 390 g/mol. The zero-order valence-electron chi connectivity index (χ0n) is 15.2. The van der Waals surface area contributed by atoms with Gasteiger partial charge in [-0.15, -0.1) is 0 Å². The van der Waals surface area contributed by atoms with Crippen LogP contribution in [0.15, 0.2) is 41.3 Å². The number of nitro groups is 1. The molecule has 0 saturated heterocycles. The van der Waals surface area contributed by atoms with Crippen molar-refractivity contribution in [1.82, 2.24) is 9.29 Å². The van der Waals surface area contributed by atoms with Crippen LogP contribution in [0.1, 0.15) is 18.5 Å². The summed E-state index contributed by atoms with van der Waals surface area (Å²) >= 11 is 0. The number of carboxylic acid groups (broad SMARTS) is 1. The number of nitro benzene ring substituents is 1. The lowest BCUT2D eigenvalue weighted by Gasteiger charge is -2.10. The molecule has 0 spiro atoms. The van der Waals surface area contributed by atoms with Gasteiger partial charge in [-0.1, -0.05) is 0 Å². The number of aromatic nitrogens is 1. The van der Waals surface area contributed by atoms with Gasteiger partial charge in [0.1, 0.15) is 0 Å². The molecule has 0 fully saturated rings. The Balaban J connectivity index is 1.88. The zero-order valence-corrected chi connectivity index (χ0v) is 16.0. The Morgan fingerprint density at radius 2 is 1.93 bits per heavy atom. The summed E-state index contributed by atoms with van der Waals surface area (Å²) < 4.78 is 34.3. The normalized spacial score (nSPS) is 11.3. The van der Waals surface area contributed by atoms with Crippen LogP contribution in [0, 0.1) is 10.1 Å². The fourth-order valence-corrected chi connectivity index (χ4v) is 3.50. The first-order valence-corrected chi connectivity index (χ1v) is 9.92. The van der Waals surface area contributed by atoms with E-state index in [1.807, 2.05) is 0 Å². The van der Waals surface area contributed by atoms with Gasteiger partial charge in [0.15, 0.2) is 5.88 Å². The highest BCUT2D eigenvalue weighted by Crippen LogP contribution is 2.17. The number of carbonyl (C=O) groups is 1. The monoisotopic (exact) mass is 411 g/mol. The summed E-state index contributed by atoms with van der Waals surface area (Å²) in [5, 5.41) is 19.2. The molecule has 0 aliphatic rings. The molecule has 1 heterocycles. The maximum absolute atomic E-state index is 12.3. The van der Waals surface area contributed by atoms with Crippen LogP contribution in [-0.2, 0) is 28.3 Å². The van der Waals surface area contributed by atoms with Crippen LogP contribution in [0.2, 0.25) is 0 Å². The summed E-state index contributed by atoms with van der Waals surface area (Å²) in [4.78, 5) is 20.5. The minimum absolute atomic E-state index is 0.0295. The minimum atomic E-state index is -3.77. The van der Waals surface area contributed by atoms with E-state index in [0.717, 1.165) is 17.8 Å². The van der Waals surface area contributed by atoms with E-state index in [2.05, 4.69) is 4.72 Å². The molecule has 28 heavy (non-hydrogen) atoms. The molecule has 1 aromatic heterocycles. The number of benzene rings is 1. The van der Waals surface area contributed by atoms with Gasteiger partial charge >= 0.3 is 5.97 Å². The van der Waals surface area contributed by atoms with Crippen molar-refractivity contribution < 1.29 is 28.0 Å². The number of aliphatic carboxylic acids is 1. The number of hydrogen-bond donors (Lipinski definition) is 2. The van der Waals surface area contributed by atoms with Crippen LogP contribution in [0.5, 0.6) is 5.88 Å². The Hall–Kier alpha value is -2.92. The predicted octanol–water partition coefficient (Wildman–Crippen LogP) is 1.70. The van der Waals surface area contributed by atoms with E-state index in [1.165, 1.54) is 12.1 Å². The lowest BCUT2D eigenvalue weighted by Crippen LogP contribution is -2.26. The molecule has 2 rings (SSSR count). The molecule has 2 aromatic rings. The highest BCUT2D eigenvalue weighted by atomic mass is 32.2. The first-order chi connectivity index (χ1) is 13.2. The highest BCUT2D eigenvalue weighted by Gasteiger charge is 2.16. The molecule has 0 bridgehead atoms. The number of hydrogen-bond acceptors (Lipinski definition) is 6. The van der Waals surface area contributed by atoms with Crippen molar-refractivity contribution in [2.75, 3.05) is 13.2 Å². The molecule has 1 aromatic carbocycles. The fourth-order valence-electron chi connectivity index (χ4n) is 2.47. The van der Waals surface area contributed by atoms with Gasteiger partial charge in [-0.3, -0.25) is 14.9 Å². The van der Waals surface area contributed by atoms with Gasteiger partial charge in [0.2, 0.25) is 10.0 Å². The molecule has 10 nitrogen and oxygen atoms in total. The van der Waals surface area contributed by atoms with E-state index in [1.54, 1.807) is 23.7 Å². The Bertz CT molecular complexity index is 936. The van der Waals surface area contributed by atoms with E-state index in [4.69, 9.17) is 9.84 Å². The summed E-state index contributed by atoms with van der Waals surface area (Å²) in [6, 6.07) is 8.19. The Kier molecular flexibility index (Phi) is 7.12. The molecule has 0 aliphatic heterocycles. The van der Waals surface area contributed by atoms with Gasteiger partial charge in [-0.25, -0.2) is 13.1 Å². The SMILES string of the molecule is Cn1c(CCNS(=O)(=O)c2ccc([N+](=O)[O-])cc2)ccc1OCCCC(=O)O. The minimum Gasteiger partial charge on any atom is -0.481 e. The zero-order chi connectivity index (χ0) is 20.7. The van der Waals surface area contributed by atoms with Crippen LogP contribution in [-0.4, -0.2) is 42.1 Å². The van der Waals surface area contributed by atoms with E-state index < -0.39 is 20.9 Å². The second-order valence-electron chi connectivity index (χ2n) is 5.97. The van der Waals surface area contributed by atoms with E-state index >= 15 is 0 Å². The molecular formula is C17H21N3O7S. The van der Waals surface area contributed by atoms with Crippen LogP contribution < -0.4 is 9.46 Å². The van der Waals surface area contributed by atoms with Crippen molar-refractivity contribution in [2.24, 2.45) is 7.05 Å². The smallest absolute Gasteiger partial charge is 0.303 e. The molecule has 0 atom stereocenters.